The second kappa shape index (κ2) is 6.26. The molecule has 6 heteroatoms. The van der Waals surface area contributed by atoms with E-state index >= 15 is 0 Å². The zero-order valence-corrected chi connectivity index (χ0v) is 13.2. The van der Waals surface area contributed by atoms with Crippen molar-refractivity contribution in [3.63, 3.8) is 0 Å². The summed E-state index contributed by atoms with van der Waals surface area (Å²) in [4.78, 5) is 21.3. The van der Waals surface area contributed by atoms with E-state index in [1.54, 1.807) is 0 Å². The van der Waals surface area contributed by atoms with Gasteiger partial charge in [0.25, 0.3) is 5.91 Å². The van der Waals surface area contributed by atoms with Crippen LogP contribution < -0.4 is 10.6 Å². The Morgan fingerprint density at radius 3 is 3.00 bits per heavy atom. The number of nitrogens with zero attached hydrogens (tertiary/aromatic N) is 3. The van der Waals surface area contributed by atoms with Crippen molar-refractivity contribution in [1.82, 2.24) is 9.88 Å². The van der Waals surface area contributed by atoms with Crippen molar-refractivity contribution in [1.29, 1.82) is 0 Å². The van der Waals surface area contributed by atoms with E-state index < -0.39 is 0 Å². The SMILES string of the molecule is CCCN(C)c1nc(N)c(C(=O)N2CCC=C(C)C2)s1. The van der Waals surface area contributed by atoms with Gasteiger partial charge in [-0.3, -0.25) is 4.79 Å². The lowest BCUT2D eigenvalue weighted by molar-refractivity contribution is 0.0771. The van der Waals surface area contributed by atoms with Crippen LogP contribution in [0.5, 0.6) is 0 Å². The van der Waals surface area contributed by atoms with Crippen LogP contribution in [0, 0.1) is 0 Å². The van der Waals surface area contributed by atoms with Crippen LogP contribution in [0.15, 0.2) is 11.6 Å². The van der Waals surface area contributed by atoms with E-state index in [2.05, 4.69) is 24.9 Å². The lowest BCUT2D eigenvalue weighted by Gasteiger charge is -2.25. The highest BCUT2D eigenvalue weighted by molar-refractivity contribution is 7.18. The summed E-state index contributed by atoms with van der Waals surface area (Å²) in [5, 5.41) is 0.817. The molecule has 0 saturated carbocycles. The van der Waals surface area contributed by atoms with E-state index in [1.165, 1.54) is 16.9 Å². The molecule has 0 spiro atoms. The predicted molar refractivity (Wildman–Crippen MR) is 84.4 cm³/mol. The minimum atomic E-state index is 0.00333. The predicted octanol–water partition coefficient (Wildman–Crippen LogP) is 2.36. The van der Waals surface area contributed by atoms with Crippen molar-refractivity contribution in [3.05, 3.63) is 16.5 Å². The summed E-state index contributed by atoms with van der Waals surface area (Å²) in [5.74, 6) is 0.355. The highest BCUT2D eigenvalue weighted by Gasteiger charge is 2.24. The van der Waals surface area contributed by atoms with Gasteiger partial charge in [0.2, 0.25) is 0 Å². The zero-order valence-electron chi connectivity index (χ0n) is 12.3. The normalized spacial score (nSPS) is 15.2. The molecule has 2 N–H and O–H groups in total. The van der Waals surface area contributed by atoms with Gasteiger partial charge in [0.05, 0.1) is 0 Å². The van der Waals surface area contributed by atoms with Crippen LogP contribution in [0.3, 0.4) is 0 Å². The number of amides is 1. The number of hydrogen-bond donors (Lipinski definition) is 1. The summed E-state index contributed by atoms with van der Waals surface area (Å²) >= 11 is 1.39. The number of hydrogen-bond acceptors (Lipinski definition) is 5. The number of aromatic nitrogens is 1. The number of anilines is 2. The molecule has 1 aliphatic rings. The van der Waals surface area contributed by atoms with Gasteiger partial charge in [-0.2, -0.15) is 0 Å². The molecular weight excluding hydrogens is 272 g/mol. The van der Waals surface area contributed by atoms with Crippen LogP contribution in [0.25, 0.3) is 0 Å². The van der Waals surface area contributed by atoms with Gasteiger partial charge < -0.3 is 15.5 Å². The topological polar surface area (TPSA) is 62.5 Å². The third-order valence-corrected chi connectivity index (χ3v) is 4.51. The fourth-order valence-corrected chi connectivity index (χ4v) is 3.24. The lowest BCUT2D eigenvalue weighted by atomic mass is 10.1. The average Bonchev–Trinajstić information content (AvgIpc) is 2.80. The van der Waals surface area contributed by atoms with Crippen LogP contribution in [-0.4, -0.2) is 42.5 Å². The molecule has 0 aromatic carbocycles. The molecule has 0 atom stereocenters. The molecule has 1 amide bonds. The van der Waals surface area contributed by atoms with Gasteiger partial charge >= 0.3 is 0 Å². The Kier molecular flexibility index (Phi) is 4.65. The molecule has 1 aliphatic heterocycles. The largest absolute Gasteiger partial charge is 0.382 e. The van der Waals surface area contributed by atoms with Crippen molar-refractivity contribution < 1.29 is 4.79 Å². The van der Waals surface area contributed by atoms with Gasteiger partial charge in [-0.05, 0) is 19.8 Å². The van der Waals surface area contributed by atoms with Crippen LogP contribution >= 0.6 is 11.3 Å². The smallest absolute Gasteiger partial charge is 0.268 e. The molecule has 0 aliphatic carbocycles. The summed E-state index contributed by atoms with van der Waals surface area (Å²) in [7, 11) is 1.98. The standard InChI is InChI=1S/C14H22N4OS/c1-4-7-17(3)14-16-12(15)11(20-14)13(19)18-8-5-6-10(2)9-18/h6H,4-5,7-9,15H2,1-3H3. The van der Waals surface area contributed by atoms with E-state index in [4.69, 9.17) is 5.73 Å². The van der Waals surface area contributed by atoms with Crippen LogP contribution in [0.4, 0.5) is 10.9 Å². The second-order valence-corrected chi connectivity index (χ2v) is 6.18. The van der Waals surface area contributed by atoms with Gasteiger partial charge in [-0.25, -0.2) is 4.98 Å². The maximum absolute atomic E-state index is 12.5. The number of nitrogen functional groups attached to an aromatic ring is 1. The van der Waals surface area contributed by atoms with E-state index in [9.17, 15) is 4.79 Å². The molecule has 20 heavy (non-hydrogen) atoms. The molecule has 0 bridgehead atoms. The van der Waals surface area contributed by atoms with E-state index in [1.807, 2.05) is 16.8 Å². The Bertz CT molecular complexity index is 523. The lowest BCUT2D eigenvalue weighted by Crippen LogP contribution is -2.35. The summed E-state index contributed by atoms with van der Waals surface area (Å²) in [6, 6.07) is 0. The van der Waals surface area contributed by atoms with Crippen molar-refractivity contribution in [2.75, 3.05) is 37.3 Å². The zero-order chi connectivity index (χ0) is 14.7. The molecule has 0 unspecified atom stereocenters. The van der Waals surface area contributed by atoms with E-state index in [0.29, 0.717) is 17.2 Å². The summed E-state index contributed by atoms with van der Waals surface area (Å²) < 4.78 is 0. The third kappa shape index (κ3) is 3.12. The highest BCUT2D eigenvalue weighted by atomic mass is 32.1. The number of rotatable bonds is 4. The molecule has 110 valence electrons. The number of carbonyl (C=O) groups excluding carboxylic acids is 1. The van der Waals surface area contributed by atoms with Gasteiger partial charge in [0.1, 0.15) is 10.7 Å². The minimum absolute atomic E-state index is 0.00333. The van der Waals surface area contributed by atoms with Gasteiger partial charge in [-0.1, -0.05) is 29.9 Å². The highest BCUT2D eigenvalue weighted by Crippen LogP contribution is 2.29. The monoisotopic (exact) mass is 294 g/mol. The Morgan fingerprint density at radius 1 is 1.60 bits per heavy atom. The Labute approximate surface area is 124 Å². The third-order valence-electron chi connectivity index (χ3n) is 3.34. The first-order chi connectivity index (χ1) is 9.52. The molecule has 5 nitrogen and oxygen atoms in total. The average molecular weight is 294 g/mol. The van der Waals surface area contributed by atoms with Crippen molar-refractivity contribution >= 4 is 28.2 Å². The first kappa shape index (κ1) is 14.8. The Hall–Kier alpha value is -1.56. The molecule has 1 aromatic heterocycles. The van der Waals surface area contributed by atoms with Crippen molar-refractivity contribution in [3.8, 4) is 0 Å². The quantitative estimate of drug-likeness (QED) is 0.866. The van der Waals surface area contributed by atoms with Gasteiger partial charge in [-0.15, -0.1) is 0 Å². The number of thiazole rings is 1. The molecule has 0 radical (unpaired) electrons. The second-order valence-electron chi connectivity index (χ2n) is 5.20. The van der Waals surface area contributed by atoms with E-state index in [0.717, 1.165) is 31.1 Å². The van der Waals surface area contributed by atoms with Gasteiger partial charge in [0, 0.05) is 26.7 Å². The molecule has 0 fully saturated rings. The molecule has 0 saturated heterocycles. The molecular formula is C14H22N4OS. The van der Waals surface area contributed by atoms with Crippen LogP contribution in [0.2, 0.25) is 0 Å². The first-order valence-corrected chi connectivity index (χ1v) is 7.77. The fraction of sp³-hybridized carbons (Fsp3) is 0.571. The fourth-order valence-electron chi connectivity index (χ4n) is 2.30. The minimum Gasteiger partial charge on any atom is -0.382 e. The van der Waals surface area contributed by atoms with Crippen LogP contribution in [0.1, 0.15) is 36.4 Å². The van der Waals surface area contributed by atoms with Gasteiger partial charge in [0.15, 0.2) is 5.13 Å². The maximum atomic E-state index is 12.5. The van der Waals surface area contributed by atoms with Crippen molar-refractivity contribution in [2.45, 2.75) is 26.7 Å². The molecule has 1 aromatic rings. The molecule has 2 rings (SSSR count). The number of carbonyl (C=O) groups is 1. The summed E-state index contributed by atoms with van der Waals surface area (Å²) in [5.41, 5.74) is 7.16. The summed E-state index contributed by atoms with van der Waals surface area (Å²) in [6.45, 7) is 6.52. The molecule has 2 heterocycles. The Balaban J connectivity index is 2.16. The van der Waals surface area contributed by atoms with Crippen LogP contribution in [-0.2, 0) is 0 Å². The first-order valence-electron chi connectivity index (χ1n) is 6.95. The van der Waals surface area contributed by atoms with E-state index in [-0.39, 0.29) is 5.91 Å². The summed E-state index contributed by atoms with van der Waals surface area (Å²) in [6.07, 6.45) is 4.13. The Morgan fingerprint density at radius 2 is 2.35 bits per heavy atom. The van der Waals surface area contributed by atoms with Crippen molar-refractivity contribution in [2.24, 2.45) is 0 Å². The number of nitrogens with two attached hydrogens (primary N) is 1. The maximum Gasteiger partial charge on any atom is 0.268 e.